The summed E-state index contributed by atoms with van der Waals surface area (Å²) in [5.74, 6) is -0.00687. The van der Waals surface area contributed by atoms with Gasteiger partial charge in [0.15, 0.2) is 6.61 Å². The Morgan fingerprint density at radius 2 is 2.00 bits per heavy atom. The summed E-state index contributed by atoms with van der Waals surface area (Å²) < 4.78 is 43.9. The molecule has 0 saturated heterocycles. The van der Waals surface area contributed by atoms with E-state index in [-0.39, 0.29) is 17.3 Å². The van der Waals surface area contributed by atoms with Crippen LogP contribution < -0.4 is 10.1 Å². The quantitative estimate of drug-likeness (QED) is 0.834. The second-order valence-corrected chi connectivity index (χ2v) is 6.38. The van der Waals surface area contributed by atoms with Gasteiger partial charge in [0.25, 0.3) is 5.91 Å². The molecular formula is C18H16ClF3N2O2. The van der Waals surface area contributed by atoms with Crippen molar-refractivity contribution in [2.75, 3.05) is 11.9 Å². The lowest BCUT2D eigenvalue weighted by Gasteiger charge is -2.18. The van der Waals surface area contributed by atoms with Crippen molar-refractivity contribution in [3.63, 3.8) is 0 Å². The van der Waals surface area contributed by atoms with Crippen molar-refractivity contribution >= 4 is 23.2 Å². The SMILES string of the molecule is O=C(COc1ccnc2c1CCCC2)Nc1cc(C(F)(F)F)ccc1Cl. The van der Waals surface area contributed by atoms with E-state index >= 15 is 0 Å². The number of carbonyl (C=O) groups is 1. The second-order valence-electron chi connectivity index (χ2n) is 5.97. The topological polar surface area (TPSA) is 51.2 Å². The number of alkyl halides is 3. The van der Waals surface area contributed by atoms with Crippen LogP contribution in [0.3, 0.4) is 0 Å². The van der Waals surface area contributed by atoms with Crippen LogP contribution in [-0.2, 0) is 23.8 Å². The average Bonchev–Trinajstić information content (AvgIpc) is 2.61. The third kappa shape index (κ3) is 4.27. The van der Waals surface area contributed by atoms with Gasteiger partial charge in [-0.25, -0.2) is 0 Å². The van der Waals surface area contributed by atoms with Crippen molar-refractivity contribution in [3.8, 4) is 5.75 Å². The van der Waals surface area contributed by atoms with E-state index in [1.165, 1.54) is 0 Å². The summed E-state index contributed by atoms with van der Waals surface area (Å²) in [6, 6.07) is 4.45. The van der Waals surface area contributed by atoms with E-state index in [0.29, 0.717) is 5.75 Å². The fraction of sp³-hybridized carbons (Fsp3) is 0.333. The van der Waals surface area contributed by atoms with Crippen LogP contribution >= 0.6 is 11.6 Å². The summed E-state index contributed by atoms with van der Waals surface area (Å²) in [6.45, 7) is -0.330. The molecule has 0 atom stereocenters. The minimum atomic E-state index is -4.52. The molecule has 1 aromatic heterocycles. The number of fused-ring (bicyclic) bond motifs is 1. The molecule has 0 saturated carbocycles. The van der Waals surface area contributed by atoms with Crippen LogP contribution in [0.4, 0.5) is 18.9 Å². The van der Waals surface area contributed by atoms with Gasteiger partial charge in [-0.2, -0.15) is 13.2 Å². The highest BCUT2D eigenvalue weighted by Crippen LogP contribution is 2.34. The van der Waals surface area contributed by atoms with Gasteiger partial charge >= 0.3 is 6.18 Å². The summed E-state index contributed by atoms with van der Waals surface area (Å²) in [4.78, 5) is 16.4. The zero-order chi connectivity index (χ0) is 18.7. The number of aromatic nitrogens is 1. The monoisotopic (exact) mass is 384 g/mol. The van der Waals surface area contributed by atoms with Crippen molar-refractivity contribution < 1.29 is 22.7 Å². The molecule has 4 nitrogen and oxygen atoms in total. The Balaban J connectivity index is 1.67. The Morgan fingerprint density at radius 1 is 1.23 bits per heavy atom. The van der Waals surface area contributed by atoms with Crippen LogP contribution in [0.15, 0.2) is 30.5 Å². The molecule has 1 aromatic carbocycles. The molecule has 8 heteroatoms. The van der Waals surface area contributed by atoms with Gasteiger partial charge < -0.3 is 10.1 Å². The Labute approximate surface area is 153 Å². The number of hydrogen-bond donors (Lipinski definition) is 1. The van der Waals surface area contributed by atoms with E-state index in [1.807, 2.05) is 0 Å². The highest BCUT2D eigenvalue weighted by atomic mass is 35.5. The fourth-order valence-electron chi connectivity index (χ4n) is 2.86. The summed E-state index contributed by atoms with van der Waals surface area (Å²) in [5, 5.41) is 2.38. The van der Waals surface area contributed by atoms with Crippen molar-refractivity contribution in [2.24, 2.45) is 0 Å². The van der Waals surface area contributed by atoms with Gasteiger partial charge in [-0.3, -0.25) is 9.78 Å². The maximum atomic E-state index is 12.8. The molecule has 1 N–H and O–H groups in total. The molecule has 1 amide bonds. The number of amides is 1. The zero-order valence-electron chi connectivity index (χ0n) is 13.7. The number of nitrogens with one attached hydrogen (secondary N) is 1. The van der Waals surface area contributed by atoms with Crippen LogP contribution in [-0.4, -0.2) is 17.5 Å². The number of aryl methyl sites for hydroxylation is 1. The number of hydrogen-bond acceptors (Lipinski definition) is 3. The molecule has 0 unspecified atom stereocenters. The Hall–Kier alpha value is -2.28. The summed E-state index contributed by atoms with van der Waals surface area (Å²) in [7, 11) is 0. The summed E-state index contributed by atoms with van der Waals surface area (Å²) in [6.07, 6.45) is 0.912. The zero-order valence-corrected chi connectivity index (χ0v) is 14.5. The normalized spacial score (nSPS) is 13.8. The van der Waals surface area contributed by atoms with E-state index in [0.717, 1.165) is 55.1 Å². The van der Waals surface area contributed by atoms with Gasteiger partial charge in [0.2, 0.25) is 0 Å². The minimum absolute atomic E-state index is 0.0210. The first-order chi connectivity index (χ1) is 12.3. The highest BCUT2D eigenvalue weighted by Gasteiger charge is 2.31. The predicted octanol–water partition coefficient (Wildman–Crippen LogP) is 4.65. The van der Waals surface area contributed by atoms with Crippen LogP contribution in [0, 0.1) is 0 Å². The number of pyridine rings is 1. The maximum Gasteiger partial charge on any atom is 0.416 e. The van der Waals surface area contributed by atoms with E-state index in [4.69, 9.17) is 16.3 Å². The predicted molar refractivity (Wildman–Crippen MR) is 91.5 cm³/mol. The number of benzene rings is 1. The van der Waals surface area contributed by atoms with Crippen LogP contribution in [0.2, 0.25) is 5.02 Å². The average molecular weight is 385 g/mol. The molecule has 3 rings (SSSR count). The van der Waals surface area contributed by atoms with Crippen LogP contribution in [0.5, 0.6) is 5.75 Å². The molecule has 26 heavy (non-hydrogen) atoms. The van der Waals surface area contributed by atoms with E-state index in [1.54, 1.807) is 12.3 Å². The fourth-order valence-corrected chi connectivity index (χ4v) is 3.02. The third-order valence-electron chi connectivity index (χ3n) is 4.12. The van der Waals surface area contributed by atoms with Gasteiger partial charge in [0.1, 0.15) is 5.75 Å². The van der Waals surface area contributed by atoms with Crippen molar-refractivity contribution in [1.29, 1.82) is 0 Å². The molecule has 1 aliphatic carbocycles. The Morgan fingerprint density at radius 3 is 2.77 bits per heavy atom. The second kappa shape index (κ2) is 7.53. The lowest BCUT2D eigenvalue weighted by molar-refractivity contribution is -0.137. The Bertz CT molecular complexity index is 825. The molecule has 1 heterocycles. The maximum absolute atomic E-state index is 12.8. The molecule has 0 spiro atoms. The molecule has 138 valence electrons. The number of ether oxygens (including phenoxy) is 1. The number of carbonyl (C=O) groups excluding carboxylic acids is 1. The lowest BCUT2D eigenvalue weighted by atomic mass is 9.95. The smallest absolute Gasteiger partial charge is 0.416 e. The number of halogens is 4. The molecular weight excluding hydrogens is 369 g/mol. The summed E-state index contributed by atoms with van der Waals surface area (Å²) >= 11 is 5.87. The van der Waals surface area contributed by atoms with Crippen LogP contribution in [0.25, 0.3) is 0 Å². The molecule has 2 aromatic rings. The van der Waals surface area contributed by atoms with Crippen molar-refractivity contribution in [1.82, 2.24) is 4.98 Å². The van der Waals surface area contributed by atoms with Crippen LogP contribution in [0.1, 0.15) is 29.7 Å². The first kappa shape index (κ1) is 18.5. The summed E-state index contributed by atoms with van der Waals surface area (Å²) in [5.41, 5.74) is 0.965. The molecule has 0 radical (unpaired) electrons. The molecule has 0 aliphatic heterocycles. The van der Waals surface area contributed by atoms with Gasteiger partial charge in [0.05, 0.1) is 16.3 Å². The largest absolute Gasteiger partial charge is 0.483 e. The first-order valence-corrected chi connectivity index (χ1v) is 8.48. The third-order valence-corrected chi connectivity index (χ3v) is 4.45. The highest BCUT2D eigenvalue weighted by molar-refractivity contribution is 6.33. The Kier molecular flexibility index (Phi) is 5.36. The van der Waals surface area contributed by atoms with Crippen molar-refractivity contribution in [3.05, 3.63) is 52.3 Å². The molecule has 0 bridgehead atoms. The number of nitrogens with zero attached hydrogens (tertiary/aromatic N) is 1. The van der Waals surface area contributed by atoms with Gasteiger partial charge in [-0.05, 0) is 49.9 Å². The number of rotatable bonds is 4. The standard InChI is InChI=1S/C18H16ClF3N2O2/c19-13-6-5-11(18(20,21)22)9-15(13)24-17(25)10-26-16-7-8-23-14-4-2-1-3-12(14)16/h5-9H,1-4,10H2,(H,24,25). The minimum Gasteiger partial charge on any atom is -0.483 e. The first-order valence-electron chi connectivity index (χ1n) is 8.11. The molecule has 0 fully saturated rings. The van der Waals surface area contributed by atoms with E-state index < -0.39 is 17.6 Å². The van der Waals surface area contributed by atoms with Gasteiger partial charge in [0, 0.05) is 17.5 Å². The molecule has 1 aliphatic rings. The number of anilines is 1. The van der Waals surface area contributed by atoms with E-state index in [2.05, 4.69) is 10.3 Å². The van der Waals surface area contributed by atoms with Gasteiger partial charge in [-0.1, -0.05) is 11.6 Å². The van der Waals surface area contributed by atoms with Gasteiger partial charge in [-0.15, -0.1) is 0 Å². The lowest BCUT2D eigenvalue weighted by Crippen LogP contribution is -2.21. The van der Waals surface area contributed by atoms with Crippen molar-refractivity contribution in [2.45, 2.75) is 31.9 Å². The van der Waals surface area contributed by atoms with E-state index in [9.17, 15) is 18.0 Å².